The van der Waals surface area contributed by atoms with Crippen LogP contribution in [0.1, 0.15) is 62.5 Å². The van der Waals surface area contributed by atoms with E-state index in [1.165, 1.54) is 10.7 Å². The van der Waals surface area contributed by atoms with E-state index in [1.807, 2.05) is 54.6 Å². The van der Waals surface area contributed by atoms with Crippen LogP contribution in [0.3, 0.4) is 0 Å². The lowest BCUT2D eigenvalue weighted by Gasteiger charge is -2.40. The number of sulfonamides is 1. The Hall–Kier alpha value is -3.04. The molecule has 0 spiro atoms. The molecule has 1 aliphatic rings. The zero-order valence-electron chi connectivity index (χ0n) is 25.6. The second kappa shape index (κ2) is 16.7. The van der Waals surface area contributed by atoms with Crippen molar-refractivity contribution in [3.63, 3.8) is 0 Å². The molecule has 1 heterocycles. The zero-order valence-corrected chi connectivity index (χ0v) is 26.4. The van der Waals surface area contributed by atoms with Crippen LogP contribution in [0, 0.1) is 5.92 Å². The van der Waals surface area contributed by atoms with Crippen molar-refractivity contribution in [2.24, 2.45) is 5.92 Å². The first-order valence-electron chi connectivity index (χ1n) is 15.6. The molecular weight excluding hydrogens is 558 g/mol. The van der Waals surface area contributed by atoms with E-state index in [1.54, 1.807) is 31.3 Å². The summed E-state index contributed by atoms with van der Waals surface area (Å²) in [5.74, 6) is -0.242. The van der Waals surface area contributed by atoms with Gasteiger partial charge in [0.05, 0.1) is 17.0 Å². The van der Waals surface area contributed by atoms with Gasteiger partial charge in [-0.3, -0.25) is 9.69 Å². The molecule has 7 nitrogen and oxygen atoms in total. The molecule has 3 aromatic rings. The molecule has 3 aromatic carbocycles. The van der Waals surface area contributed by atoms with Crippen molar-refractivity contribution in [2.75, 3.05) is 33.2 Å². The standard InChI is InChI=1S/C35H47N3O4S/c1-3-4-14-23-36-34-26-31(35(39)42-28-29-15-8-5-9-16-29)21-24-38(34)25-22-32(30-17-10-6-11-18-30)27-37(2)43(40,41)33-19-12-7-13-20-33/h5-13,15-20,31-32,34,36H,3-4,14,21-28H2,1-2H3/t31-,32?,34+/m0/s1. The molecule has 0 amide bonds. The van der Waals surface area contributed by atoms with Gasteiger partial charge < -0.3 is 10.1 Å². The van der Waals surface area contributed by atoms with Gasteiger partial charge in [-0.2, -0.15) is 0 Å². The largest absolute Gasteiger partial charge is 0.461 e. The third-order valence-electron chi connectivity index (χ3n) is 8.40. The number of nitrogens with one attached hydrogen (secondary N) is 1. The highest BCUT2D eigenvalue weighted by Gasteiger charge is 2.33. The molecule has 0 aliphatic carbocycles. The molecule has 1 N–H and O–H groups in total. The molecule has 0 saturated carbocycles. The number of benzene rings is 3. The fourth-order valence-corrected chi connectivity index (χ4v) is 7.03. The molecule has 0 radical (unpaired) electrons. The zero-order chi connectivity index (χ0) is 30.5. The number of hydrogen-bond donors (Lipinski definition) is 1. The van der Waals surface area contributed by atoms with Gasteiger partial charge in [-0.1, -0.05) is 98.6 Å². The van der Waals surface area contributed by atoms with Crippen molar-refractivity contribution in [1.82, 2.24) is 14.5 Å². The topological polar surface area (TPSA) is 79.0 Å². The van der Waals surface area contributed by atoms with Gasteiger partial charge in [0.25, 0.3) is 0 Å². The number of likely N-dealkylation sites (tertiary alicyclic amines) is 1. The van der Waals surface area contributed by atoms with Crippen molar-refractivity contribution in [1.29, 1.82) is 0 Å². The number of rotatable bonds is 16. The summed E-state index contributed by atoms with van der Waals surface area (Å²) in [6.45, 7) is 5.38. The fraction of sp³-hybridized carbons (Fsp3) is 0.457. The highest BCUT2D eigenvalue weighted by atomic mass is 32.2. The number of ether oxygens (including phenoxy) is 1. The first-order valence-corrected chi connectivity index (χ1v) is 17.1. The minimum atomic E-state index is -3.60. The van der Waals surface area contributed by atoms with Gasteiger partial charge in [0.2, 0.25) is 10.0 Å². The molecule has 0 bridgehead atoms. The molecule has 8 heteroatoms. The van der Waals surface area contributed by atoms with Crippen LogP contribution in [0.4, 0.5) is 0 Å². The minimum Gasteiger partial charge on any atom is -0.461 e. The number of piperidine rings is 1. The third kappa shape index (κ3) is 9.73. The normalized spacial score (nSPS) is 18.4. The average Bonchev–Trinajstić information content (AvgIpc) is 3.05. The highest BCUT2D eigenvalue weighted by Crippen LogP contribution is 2.28. The summed E-state index contributed by atoms with van der Waals surface area (Å²) in [7, 11) is -1.93. The van der Waals surface area contributed by atoms with Gasteiger partial charge in [-0.25, -0.2) is 12.7 Å². The minimum absolute atomic E-state index is 0.0268. The molecule has 1 unspecified atom stereocenters. The molecular formula is C35H47N3O4S. The Labute approximate surface area is 258 Å². The number of carbonyl (C=O) groups is 1. The molecule has 232 valence electrons. The Morgan fingerprint density at radius 3 is 2.30 bits per heavy atom. The number of likely N-dealkylation sites (N-methyl/N-ethyl adjacent to an activating group) is 1. The van der Waals surface area contributed by atoms with Gasteiger partial charge in [-0.15, -0.1) is 0 Å². The number of esters is 1. The second-order valence-corrected chi connectivity index (χ2v) is 13.6. The molecule has 1 aliphatic heterocycles. The summed E-state index contributed by atoms with van der Waals surface area (Å²) in [6.07, 6.45) is 5.75. The van der Waals surface area contributed by atoms with Crippen LogP contribution < -0.4 is 5.32 Å². The quantitative estimate of drug-likeness (QED) is 0.158. The van der Waals surface area contributed by atoms with Gasteiger partial charge in [0.15, 0.2) is 0 Å². The maximum absolute atomic E-state index is 13.3. The summed E-state index contributed by atoms with van der Waals surface area (Å²) < 4.78 is 33.9. The monoisotopic (exact) mass is 605 g/mol. The summed E-state index contributed by atoms with van der Waals surface area (Å²) in [5, 5.41) is 3.73. The molecule has 1 fully saturated rings. The van der Waals surface area contributed by atoms with Crippen LogP contribution >= 0.6 is 0 Å². The Bertz CT molecular complexity index is 1340. The van der Waals surface area contributed by atoms with E-state index in [-0.39, 0.29) is 24.0 Å². The van der Waals surface area contributed by atoms with Crippen molar-refractivity contribution >= 4 is 16.0 Å². The Balaban J connectivity index is 1.42. The first-order chi connectivity index (χ1) is 20.9. The number of carbonyl (C=O) groups excluding carboxylic acids is 1. The third-order valence-corrected chi connectivity index (χ3v) is 10.2. The van der Waals surface area contributed by atoms with Crippen LogP contribution in [-0.2, 0) is 26.2 Å². The van der Waals surface area contributed by atoms with Crippen LogP contribution in [0.15, 0.2) is 95.9 Å². The summed E-state index contributed by atoms with van der Waals surface area (Å²) >= 11 is 0. The van der Waals surface area contributed by atoms with Crippen molar-refractivity contribution in [2.45, 2.75) is 69.0 Å². The SMILES string of the molecule is CCCCCN[C@H]1C[C@@H](C(=O)OCc2ccccc2)CCN1CCC(CN(C)S(=O)(=O)c1ccccc1)c1ccccc1. The summed E-state index contributed by atoms with van der Waals surface area (Å²) in [6, 6.07) is 28.6. The lowest BCUT2D eigenvalue weighted by atomic mass is 9.92. The van der Waals surface area contributed by atoms with Gasteiger partial charge in [-0.05, 0) is 61.4 Å². The molecule has 43 heavy (non-hydrogen) atoms. The Kier molecular flexibility index (Phi) is 12.8. The maximum Gasteiger partial charge on any atom is 0.309 e. The predicted molar refractivity (Wildman–Crippen MR) is 172 cm³/mol. The fourth-order valence-electron chi connectivity index (χ4n) is 5.79. The van der Waals surface area contributed by atoms with E-state index < -0.39 is 10.0 Å². The van der Waals surface area contributed by atoms with E-state index in [2.05, 4.69) is 29.3 Å². The lowest BCUT2D eigenvalue weighted by Crippen LogP contribution is -2.52. The Morgan fingerprint density at radius 2 is 1.63 bits per heavy atom. The molecule has 0 aromatic heterocycles. The summed E-state index contributed by atoms with van der Waals surface area (Å²) in [4.78, 5) is 15.8. The van der Waals surface area contributed by atoms with Crippen LogP contribution in [0.2, 0.25) is 0 Å². The predicted octanol–water partition coefficient (Wildman–Crippen LogP) is 6.04. The number of nitrogens with zero attached hydrogens (tertiary/aromatic N) is 2. The molecule has 4 rings (SSSR count). The van der Waals surface area contributed by atoms with Crippen LogP contribution in [-0.4, -0.2) is 63.0 Å². The van der Waals surface area contributed by atoms with E-state index in [0.717, 1.165) is 56.4 Å². The van der Waals surface area contributed by atoms with Crippen LogP contribution in [0.25, 0.3) is 0 Å². The smallest absolute Gasteiger partial charge is 0.309 e. The van der Waals surface area contributed by atoms with Crippen molar-refractivity contribution < 1.29 is 17.9 Å². The van der Waals surface area contributed by atoms with Gasteiger partial charge in [0, 0.05) is 26.7 Å². The lowest BCUT2D eigenvalue weighted by molar-refractivity contribution is -0.152. The van der Waals surface area contributed by atoms with Crippen molar-refractivity contribution in [3.8, 4) is 0 Å². The molecule has 3 atom stereocenters. The Morgan fingerprint density at radius 1 is 0.977 bits per heavy atom. The van der Waals surface area contributed by atoms with Gasteiger partial charge >= 0.3 is 5.97 Å². The van der Waals surface area contributed by atoms with Crippen LogP contribution in [0.5, 0.6) is 0 Å². The van der Waals surface area contributed by atoms with Gasteiger partial charge in [0.1, 0.15) is 6.61 Å². The number of unbranched alkanes of at least 4 members (excludes halogenated alkanes) is 2. The van der Waals surface area contributed by atoms with E-state index in [4.69, 9.17) is 4.74 Å². The first kappa shape index (κ1) is 32.9. The highest BCUT2D eigenvalue weighted by molar-refractivity contribution is 7.89. The molecule has 1 saturated heterocycles. The van der Waals surface area contributed by atoms with E-state index >= 15 is 0 Å². The second-order valence-electron chi connectivity index (χ2n) is 11.5. The van der Waals surface area contributed by atoms with Crippen molar-refractivity contribution in [3.05, 3.63) is 102 Å². The average molecular weight is 606 g/mol. The van der Waals surface area contributed by atoms with E-state index in [0.29, 0.717) is 24.5 Å². The maximum atomic E-state index is 13.3. The summed E-state index contributed by atoms with van der Waals surface area (Å²) in [5.41, 5.74) is 2.12. The number of hydrogen-bond acceptors (Lipinski definition) is 6. The van der Waals surface area contributed by atoms with E-state index in [9.17, 15) is 13.2 Å².